The number of likely N-dealkylation sites (N-methyl/N-ethyl adjacent to an activating group) is 1. The van der Waals surface area contributed by atoms with Gasteiger partial charge < -0.3 is 0 Å². The molecular formula is C26H32N6O. The zero-order valence-electron chi connectivity index (χ0n) is 19.7. The second kappa shape index (κ2) is 10.1. The van der Waals surface area contributed by atoms with Gasteiger partial charge in [-0.2, -0.15) is 10.2 Å². The normalized spacial score (nSPS) is 21.5. The summed E-state index contributed by atoms with van der Waals surface area (Å²) in [7, 11) is 1.99. The van der Waals surface area contributed by atoms with E-state index in [9.17, 15) is 4.79 Å². The van der Waals surface area contributed by atoms with Crippen LogP contribution in [0.25, 0.3) is 11.4 Å². The predicted octanol–water partition coefficient (Wildman–Crippen LogP) is 4.25. The number of nitrogens with zero attached hydrogens (tertiary/aromatic N) is 6. The molecule has 1 aromatic heterocycles. The van der Waals surface area contributed by atoms with Crippen LogP contribution in [0.3, 0.4) is 0 Å². The highest BCUT2D eigenvalue weighted by Gasteiger charge is 2.61. The molecule has 1 saturated carbocycles. The zero-order valence-corrected chi connectivity index (χ0v) is 19.7. The van der Waals surface area contributed by atoms with Crippen LogP contribution in [-0.4, -0.2) is 56.8 Å². The van der Waals surface area contributed by atoms with Crippen LogP contribution >= 0.6 is 0 Å². The number of carbonyl (C=O) groups is 1. The largest absolute Gasteiger partial charge is 0.295 e. The van der Waals surface area contributed by atoms with Crippen molar-refractivity contribution in [1.29, 1.82) is 0 Å². The fourth-order valence-corrected chi connectivity index (χ4v) is 4.29. The second-order valence-electron chi connectivity index (χ2n) is 8.89. The van der Waals surface area contributed by atoms with Crippen LogP contribution in [-0.2, 0) is 17.6 Å². The number of fused-ring (bicyclic) bond motifs is 1. The molecule has 0 amide bonds. The molecule has 7 heteroatoms. The Morgan fingerprint density at radius 3 is 2.88 bits per heavy atom. The number of aryl methyl sites for hydroxylation is 1. The first-order valence-corrected chi connectivity index (χ1v) is 11.7. The molecule has 0 radical (unpaired) electrons. The van der Waals surface area contributed by atoms with Crippen molar-refractivity contribution in [2.75, 3.05) is 7.05 Å². The third kappa shape index (κ3) is 5.35. The Morgan fingerprint density at radius 2 is 2.12 bits per heavy atom. The minimum atomic E-state index is -0.117. The van der Waals surface area contributed by atoms with Gasteiger partial charge in [0, 0.05) is 56.5 Å². The second-order valence-corrected chi connectivity index (χ2v) is 8.89. The van der Waals surface area contributed by atoms with Crippen LogP contribution in [0.15, 0.2) is 59.1 Å². The monoisotopic (exact) mass is 444 g/mol. The standard InChI is InChI=1S/C26H32N6O/c1-4-5-7-22-18-27-25(28-19-22)23-9-6-8-21(16-23)10-13-30-32(15-11-20(2)33)26-12-14-29-31(3)24(26)17-26/h6,8-9,11,13-16,18-19,24H,4-5,7,10,12,17H2,1-3H3/b15-11-,30-13+. The third-order valence-corrected chi connectivity index (χ3v) is 6.32. The number of unbranched alkanes of at least 4 members (excludes halogenated alkanes) is 1. The average Bonchev–Trinajstić information content (AvgIpc) is 3.58. The highest BCUT2D eigenvalue weighted by Crippen LogP contribution is 2.50. The predicted molar refractivity (Wildman–Crippen MR) is 132 cm³/mol. The molecule has 0 bridgehead atoms. The van der Waals surface area contributed by atoms with E-state index in [-0.39, 0.29) is 11.3 Å². The number of hydrogen-bond acceptors (Lipinski definition) is 7. The van der Waals surface area contributed by atoms with Crippen LogP contribution in [0.4, 0.5) is 0 Å². The van der Waals surface area contributed by atoms with Crippen molar-refractivity contribution in [2.45, 2.75) is 64.0 Å². The van der Waals surface area contributed by atoms with E-state index in [4.69, 9.17) is 5.10 Å². The van der Waals surface area contributed by atoms with Crippen molar-refractivity contribution in [3.63, 3.8) is 0 Å². The summed E-state index contributed by atoms with van der Waals surface area (Å²) in [4.78, 5) is 20.7. The molecule has 33 heavy (non-hydrogen) atoms. The number of allylic oxidation sites excluding steroid dienone is 1. The van der Waals surface area contributed by atoms with Crippen molar-refractivity contribution in [3.8, 4) is 11.4 Å². The first kappa shape index (κ1) is 22.8. The summed E-state index contributed by atoms with van der Waals surface area (Å²) in [5, 5.41) is 13.1. The topological polar surface area (TPSA) is 74.1 Å². The fraction of sp³-hybridized carbons (Fsp3) is 0.423. The lowest BCUT2D eigenvalue weighted by Crippen LogP contribution is -2.40. The number of benzene rings is 1. The first-order chi connectivity index (χ1) is 16.0. The first-order valence-electron chi connectivity index (χ1n) is 11.7. The highest BCUT2D eigenvalue weighted by molar-refractivity contribution is 5.87. The van der Waals surface area contributed by atoms with E-state index in [1.165, 1.54) is 12.0 Å². The van der Waals surface area contributed by atoms with Crippen LogP contribution in [0.1, 0.15) is 50.7 Å². The van der Waals surface area contributed by atoms with E-state index in [0.29, 0.717) is 12.5 Å². The zero-order chi connectivity index (χ0) is 23.3. The summed E-state index contributed by atoms with van der Waals surface area (Å²) in [6, 6.07) is 8.58. The summed E-state index contributed by atoms with van der Waals surface area (Å²) < 4.78 is 0. The molecule has 0 N–H and O–H groups in total. The van der Waals surface area contributed by atoms with Crippen LogP contribution < -0.4 is 0 Å². The lowest BCUT2D eigenvalue weighted by Gasteiger charge is -2.31. The van der Waals surface area contributed by atoms with E-state index in [0.717, 1.165) is 42.6 Å². The molecule has 7 nitrogen and oxygen atoms in total. The average molecular weight is 445 g/mol. The molecule has 2 unspecified atom stereocenters. The van der Waals surface area contributed by atoms with Crippen molar-refractivity contribution in [3.05, 3.63) is 60.1 Å². The quantitative estimate of drug-likeness (QED) is 0.311. The molecule has 0 saturated heterocycles. The smallest absolute Gasteiger partial charge is 0.159 e. The maximum Gasteiger partial charge on any atom is 0.159 e. The minimum absolute atomic E-state index is 0.00930. The number of hydrogen-bond donors (Lipinski definition) is 0. The summed E-state index contributed by atoms with van der Waals surface area (Å²) in [5.74, 6) is 0.749. The summed E-state index contributed by atoms with van der Waals surface area (Å²) in [6.45, 7) is 3.74. The summed E-state index contributed by atoms with van der Waals surface area (Å²) >= 11 is 0. The van der Waals surface area contributed by atoms with Gasteiger partial charge in [0.15, 0.2) is 11.6 Å². The van der Waals surface area contributed by atoms with Crippen LogP contribution in [0.5, 0.6) is 0 Å². The Hall–Kier alpha value is -3.35. The van der Waals surface area contributed by atoms with Crippen molar-refractivity contribution in [2.24, 2.45) is 10.2 Å². The highest BCUT2D eigenvalue weighted by atomic mass is 16.1. The number of hydrazone groups is 2. The van der Waals surface area contributed by atoms with E-state index in [1.807, 2.05) is 54.0 Å². The molecule has 1 fully saturated rings. The van der Waals surface area contributed by atoms with E-state index in [2.05, 4.69) is 34.1 Å². The van der Waals surface area contributed by atoms with E-state index >= 15 is 0 Å². The lowest BCUT2D eigenvalue weighted by atomic mass is 10.1. The van der Waals surface area contributed by atoms with Crippen LogP contribution in [0.2, 0.25) is 0 Å². The molecule has 2 aliphatic rings. The van der Waals surface area contributed by atoms with Crippen molar-refractivity contribution in [1.82, 2.24) is 20.0 Å². The van der Waals surface area contributed by atoms with Crippen LogP contribution in [0, 0.1) is 0 Å². The number of carbonyl (C=O) groups excluding carboxylic acids is 1. The van der Waals surface area contributed by atoms with Gasteiger partial charge in [0.05, 0.1) is 11.6 Å². The molecule has 1 aliphatic heterocycles. The molecule has 1 aliphatic carbocycles. The van der Waals surface area contributed by atoms with Gasteiger partial charge in [0.2, 0.25) is 0 Å². The van der Waals surface area contributed by atoms with Crippen molar-refractivity contribution < 1.29 is 4.79 Å². The van der Waals surface area contributed by atoms with Gasteiger partial charge in [0.1, 0.15) is 0 Å². The summed E-state index contributed by atoms with van der Waals surface area (Å²) in [6.07, 6.45) is 16.9. The molecule has 4 rings (SSSR count). The van der Waals surface area contributed by atoms with Gasteiger partial charge in [-0.1, -0.05) is 31.5 Å². The molecule has 2 heterocycles. The Morgan fingerprint density at radius 1 is 1.30 bits per heavy atom. The molecule has 172 valence electrons. The Kier molecular flexibility index (Phi) is 6.96. The molecule has 0 spiro atoms. The molecule has 2 aromatic rings. The van der Waals surface area contributed by atoms with E-state index in [1.54, 1.807) is 19.2 Å². The number of ketones is 1. The lowest BCUT2D eigenvalue weighted by molar-refractivity contribution is -0.112. The van der Waals surface area contributed by atoms with Gasteiger partial charge in [-0.15, -0.1) is 0 Å². The molecule has 1 aromatic carbocycles. The Labute approximate surface area is 195 Å². The van der Waals surface area contributed by atoms with Crippen molar-refractivity contribution >= 4 is 18.2 Å². The Bertz CT molecular complexity index is 1060. The minimum Gasteiger partial charge on any atom is -0.295 e. The van der Waals surface area contributed by atoms with Gasteiger partial charge >= 0.3 is 0 Å². The number of aromatic nitrogens is 2. The van der Waals surface area contributed by atoms with E-state index < -0.39 is 0 Å². The Balaban J connectivity index is 1.45. The maximum absolute atomic E-state index is 11.5. The van der Waals surface area contributed by atoms with Gasteiger partial charge in [0.25, 0.3) is 0 Å². The molecular weight excluding hydrogens is 412 g/mol. The van der Waals surface area contributed by atoms with Gasteiger partial charge in [-0.25, -0.2) is 9.97 Å². The maximum atomic E-state index is 11.5. The fourth-order valence-electron chi connectivity index (χ4n) is 4.29. The third-order valence-electron chi connectivity index (χ3n) is 6.32. The van der Waals surface area contributed by atoms with Gasteiger partial charge in [-0.05, 0) is 49.5 Å². The number of rotatable bonds is 10. The van der Waals surface area contributed by atoms with Gasteiger partial charge in [-0.3, -0.25) is 14.8 Å². The SMILES string of the molecule is CCCCc1cnc(-c2cccc(C/C=N/N(/C=C\C(C)=O)C34CC=NN(C)C3C4)c2)nc1. The molecule has 2 atom stereocenters. The summed E-state index contributed by atoms with van der Waals surface area (Å²) in [5.41, 5.74) is 3.20.